The number of aliphatic carboxylic acids is 1. The van der Waals surface area contributed by atoms with Crippen LogP contribution in [0.25, 0.3) is 0 Å². The Morgan fingerprint density at radius 3 is 2.72 bits per heavy atom. The summed E-state index contributed by atoms with van der Waals surface area (Å²) in [6.45, 7) is 1.48. The van der Waals surface area contributed by atoms with Gasteiger partial charge < -0.3 is 20.4 Å². The Kier molecular flexibility index (Phi) is 7.84. The molecule has 5 nitrogen and oxygen atoms in total. The first-order valence-corrected chi connectivity index (χ1v) is 8.84. The van der Waals surface area contributed by atoms with Gasteiger partial charge in [-0.15, -0.1) is 0 Å². The second-order valence-corrected chi connectivity index (χ2v) is 6.39. The van der Waals surface area contributed by atoms with Crippen molar-refractivity contribution in [3.8, 4) is 0 Å². The van der Waals surface area contributed by atoms with Gasteiger partial charge in [0, 0.05) is 24.2 Å². The van der Waals surface area contributed by atoms with Crippen molar-refractivity contribution < 1.29 is 30.7 Å². The van der Waals surface area contributed by atoms with E-state index in [0.717, 1.165) is 0 Å². The van der Waals surface area contributed by atoms with Crippen molar-refractivity contribution in [3.05, 3.63) is 24.3 Å². The van der Waals surface area contributed by atoms with Crippen molar-refractivity contribution in [2.24, 2.45) is 11.8 Å². The van der Waals surface area contributed by atoms with Crippen molar-refractivity contribution in [1.82, 2.24) is 0 Å². The zero-order valence-corrected chi connectivity index (χ0v) is 14.7. The van der Waals surface area contributed by atoms with Crippen molar-refractivity contribution in [3.63, 3.8) is 0 Å². The molecule has 1 aliphatic rings. The van der Waals surface area contributed by atoms with Gasteiger partial charge in [0.05, 0.1) is 18.3 Å². The first-order chi connectivity index (χ1) is 13.6. The van der Waals surface area contributed by atoms with Crippen LogP contribution < -0.4 is 0 Å². The standard InChI is InChI=1S/C20H34O5/c1-2-3-6-9-15(21)12-13-17-16(18(22)14-19(17)23)10-7-4-5-8-11-20(24)25/h4,7,12-13,15-19,21-23H,2-3,5-6,8-11,14H2,1H3,(H,24,25)/b7-4-,13-12+/t15-,16?,17?,18+,19-/m0/s1/i2D,3D,6D,9D/t2?,3?,6?,9?,15-,16?,17?,18+,19-. The van der Waals surface area contributed by atoms with Crippen molar-refractivity contribution in [2.75, 3.05) is 0 Å². The lowest BCUT2D eigenvalue weighted by Crippen LogP contribution is -2.20. The molecule has 0 bridgehead atoms. The van der Waals surface area contributed by atoms with Crippen LogP contribution in [0.15, 0.2) is 24.3 Å². The second-order valence-electron chi connectivity index (χ2n) is 6.39. The van der Waals surface area contributed by atoms with Crippen LogP contribution in [0.2, 0.25) is 0 Å². The number of carbonyl (C=O) groups is 1. The average molecular weight is 359 g/mol. The molecule has 144 valence electrons. The fourth-order valence-electron chi connectivity index (χ4n) is 3.04. The predicted octanol–water partition coefficient (Wildman–Crippen LogP) is 3.04. The Hall–Kier alpha value is -1.17. The minimum Gasteiger partial charge on any atom is -0.481 e. The monoisotopic (exact) mass is 358 g/mol. The molecule has 5 heteroatoms. The van der Waals surface area contributed by atoms with Gasteiger partial charge in [-0.1, -0.05) is 50.4 Å². The number of carboxylic acids is 1. The van der Waals surface area contributed by atoms with Crippen LogP contribution in [0.3, 0.4) is 0 Å². The zero-order chi connectivity index (χ0) is 22.1. The number of allylic oxidation sites excluding steroid dienone is 2. The van der Waals surface area contributed by atoms with E-state index in [1.54, 1.807) is 6.08 Å². The maximum atomic E-state index is 10.5. The number of hydrogen-bond donors (Lipinski definition) is 4. The van der Waals surface area contributed by atoms with E-state index in [-0.39, 0.29) is 18.8 Å². The number of hydrogen-bond acceptors (Lipinski definition) is 4. The Morgan fingerprint density at radius 2 is 2.04 bits per heavy atom. The van der Waals surface area contributed by atoms with Gasteiger partial charge in [-0.2, -0.15) is 0 Å². The Balaban J connectivity index is 2.66. The normalized spacial score (nSPS) is 35.5. The highest BCUT2D eigenvalue weighted by Gasteiger charge is 2.39. The van der Waals surface area contributed by atoms with E-state index < -0.39 is 55.8 Å². The fraction of sp³-hybridized carbons (Fsp3) is 0.750. The SMILES string of the molecule is [2H]C(C)C([2H])C([2H])C([2H])[C@H](O)/C=C/C1C(C/C=C\CCCC(=O)O)[C@H](O)C[C@@H]1O. The molecule has 1 saturated carbocycles. The summed E-state index contributed by atoms with van der Waals surface area (Å²) in [5.41, 5.74) is 0. The topological polar surface area (TPSA) is 98.0 Å². The molecule has 0 amide bonds. The lowest BCUT2D eigenvalue weighted by molar-refractivity contribution is -0.137. The molecule has 1 aliphatic carbocycles. The highest BCUT2D eigenvalue weighted by Crippen LogP contribution is 2.36. The van der Waals surface area contributed by atoms with E-state index in [2.05, 4.69) is 0 Å². The molecule has 0 aromatic heterocycles. The van der Waals surface area contributed by atoms with Crippen LogP contribution in [-0.2, 0) is 4.79 Å². The van der Waals surface area contributed by atoms with Gasteiger partial charge in [0.15, 0.2) is 0 Å². The van der Waals surface area contributed by atoms with Crippen LogP contribution in [0.4, 0.5) is 0 Å². The van der Waals surface area contributed by atoms with Crippen molar-refractivity contribution in [1.29, 1.82) is 0 Å². The fourth-order valence-corrected chi connectivity index (χ4v) is 3.04. The predicted molar refractivity (Wildman–Crippen MR) is 98.1 cm³/mol. The Morgan fingerprint density at radius 1 is 1.28 bits per heavy atom. The molecule has 0 aromatic carbocycles. The molecular formula is C20H34O5. The third kappa shape index (κ3) is 8.66. The summed E-state index contributed by atoms with van der Waals surface area (Å²) in [5.74, 6) is -1.52. The second kappa shape index (κ2) is 12.2. The van der Waals surface area contributed by atoms with E-state index in [9.17, 15) is 20.1 Å². The molecule has 0 aliphatic heterocycles. The van der Waals surface area contributed by atoms with Gasteiger partial charge in [-0.25, -0.2) is 0 Å². The van der Waals surface area contributed by atoms with Gasteiger partial charge in [0.1, 0.15) is 0 Å². The quantitative estimate of drug-likeness (QED) is 0.317. The van der Waals surface area contributed by atoms with E-state index in [0.29, 0.717) is 19.3 Å². The van der Waals surface area contributed by atoms with E-state index >= 15 is 0 Å². The summed E-state index contributed by atoms with van der Waals surface area (Å²) in [6, 6.07) is 0. The van der Waals surface area contributed by atoms with Crippen LogP contribution in [0.5, 0.6) is 0 Å². The van der Waals surface area contributed by atoms with Gasteiger partial charge >= 0.3 is 5.97 Å². The summed E-state index contributed by atoms with van der Waals surface area (Å²) in [6.07, 6.45) is 1.34. The molecule has 0 radical (unpaired) electrons. The third-order valence-corrected chi connectivity index (χ3v) is 4.39. The molecule has 0 spiro atoms. The molecule has 4 N–H and O–H groups in total. The van der Waals surface area contributed by atoms with Gasteiger partial charge in [0.25, 0.3) is 0 Å². The smallest absolute Gasteiger partial charge is 0.303 e. The third-order valence-electron chi connectivity index (χ3n) is 4.39. The lowest BCUT2D eigenvalue weighted by Gasteiger charge is -2.19. The molecule has 9 atom stereocenters. The van der Waals surface area contributed by atoms with E-state index in [1.807, 2.05) is 12.2 Å². The summed E-state index contributed by atoms with van der Waals surface area (Å²) < 4.78 is 31.1. The number of carboxylic acid groups (broad SMARTS) is 1. The Labute approximate surface area is 156 Å². The maximum Gasteiger partial charge on any atom is 0.303 e. The molecule has 1 rings (SSSR count). The average Bonchev–Trinajstić information content (AvgIpc) is 2.92. The van der Waals surface area contributed by atoms with E-state index in [4.69, 9.17) is 10.6 Å². The van der Waals surface area contributed by atoms with Crippen LogP contribution in [0, 0.1) is 11.8 Å². The number of rotatable bonds is 12. The largest absolute Gasteiger partial charge is 0.481 e. The Bertz CT molecular complexity index is 557. The first kappa shape index (κ1) is 16.0. The number of aliphatic hydroxyl groups is 3. The molecule has 25 heavy (non-hydrogen) atoms. The summed E-state index contributed by atoms with van der Waals surface area (Å²) in [4.78, 5) is 10.5. The van der Waals surface area contributed by atoms with Crippen molar-refractivity contribution >= 4 is 5.97 Å². The molecule has 6 unspecified atom stereocenters. The van der Waals surface area contributed by atoms with E-state index in [1.165, 1.54) is 13.0 Å². The molecule has 1 fully saturated rings. The van der Waals surface area contributed by atoms with Crippen LogP contribution >= 0.6 is 0 Å². The molecule has 0 aromatic rings. The highest BCUT2D eigenvalue weighted by molar-refractivity contribution is 5.66. The van der Waals surface area contributed by atoms with Gasteiger partial charge in [0.2, 0.25) is 0 Å². The lowest BCUT2D eigenvalue weighted by atomic mass is 9.89. The van der Waals surface area contributed by atoms with Crippen LogP contribution in [0.1, 0.15) is 70.1 Å². The van der Waals surface area contributed by atoms with Gasteiger partial charge in [-0.05, 0) is 31.6 Å². The number of unbranched alkanes of at least 4 members (excludes halogenated alkanes) is 1. The molecule has 0 heterocycles. The molecular weight excluding hydrogens is 320 g/mol. The highest BCUT2D eigenvalue weighted by atomic mass is 16.4. The number of aliphatic hydroxyl groups excluding tert-OH is 3. The maximum absolute atomic E-state index is 10.5. The summed E-state index contributed by atoms with van der Waals surface area (Å²) >= 11 is 0. The minimum absolute atomic E-state index is 0.0990. The van der Waals surface area contributed by atoms with Crippen molar-refractivity contribution in [2.45, 2.75) is 82.9 Å². The zero-order valence-electron chi connectivity index (χ0n) is 18.7. The van der Waals surface area contributed by atoms with Gasteiger partial charge in [-0.3, -0.25) is 4.79 Å². The minimum atomic E-state index is -1.30. The summed E-state index contributed by atoms with van der Waals surface area (Å²) in [7, 11) is 0. The van der Waals surface area contributed by atoms with Crippen LogP contribution in [-0.4, -0.2) is 44.7 Å². The first-order valence-electron chi connectivity index (χ1n) is 11.2. The summed E-state index contributed by atoms with van der Waals surface area (Å²) in [5, 5.41) is 39.3. The molecule has 0 saturated heterocycles.